The predicted molar refractivity (Wildman–Crippen MR) is 92.4 cm³/mol. The summed E-state index contributed by atoms with van der Waals surface area (Å²) < 4.78 is 1.56. The molecule has 112 valence electrons. The normalized spacial score (nSPS) is 18.0. The van der Waals surface area contributed by atoms with Crippen molar-refractivity contribution in [1.82, 2.24) is 0 Å². The van der Waals surface area contributed by atoms with Crippen molar-refractivity contribution in [3.63, 3.8) is 0 Å². The summed E-state index contributed by atoms with van der Waals surface area (Å²) in [5.74, 6) is 0.556. The van der Waals surface area contributed by atoms with Gasteiger partial charge in [0.25, 0.3) is 0 Å². The maximum absolute atomic E-state index is 3.22. The van der Waals surface area contributed by atoms with Crippen LogP contribution in [0.5, 0.6) is 0 Å². The third kappa shape index (κ3) is 14.7. The van der Waals surface area contributed by atoms with Gasteiger partial charge in [0, 0.05) is 0 Å². The molecule has 1 atom stereocenters. The van der Waals surface area contributed by atoms with Gasteiger partial charge in [-0.05, 0) is 0 Å². The minimum atomic E-state index is 0. The Morgan fingerprint density at radius 2 is 1.70 bits per heavy atom. The van der Waals surface area contributed by atoms with Gasteiger partial charge in [0.2, 0.25) is 0 Å². The molecule has 0 nitrogen and oxygen atoms in total. The molecule has 0 heterocycles. The molecule has 0 amide bonds. The van der Waals surface area contributed by atoms with Crippen molar-refractivity contribution >= 4 is 28.1 Å². The van der Waals surface area contributed by atoms with Crippen LogP contribution in [0, 0.1) is 18.1 Å². The van der Waals surface area contributed by atoms with Crippen LogP contribution in [-0.4, -0.2) is 3.26 Å². The third-order valence-corrected chi connectivity index (χ3v) is 2.45. The second-order valence-corrected chi connectivity index (χ2v) is 8.56. The van der Waals surface area contributed by atoms with Crippen LogP contribution in [0.1, 0.15) is 48.0 Å². The Morgan fingerprint density at radius 3 is 1.80 bits per heavy atom. The van der Waals surface area contributed by atoms with Crippen LogP contribution in [0.15, 0.2) is 34.9 Å². The summed E-state index contributed by atoms with van der Waals surface area (Å²) >= 11 is 1.27. The fourth-order valence-electron chi connectivity index (χ4n) is 1.36. The van der Waals surface area contributed by atoms with Crippen molar-refractivity contribution in [3.8, 4) is 0 Å². The van der Waals surface area contributed by atoms with E-state index in [1.807, 2.05) is 0 Å². The predicted octanol–water partition coefficient (Wildman–Crippen LogP) is 5.62. The van der Waals surface area contributed by atoms with Gasteiger partial charge in [-0.1, -0.05) is 26.7 Å². The summed E-state index contributed by atoms with van der Waals surface area (Å²) in [6.45, 7) is 12.8. The Labute approximate surface area is 152 Å². The molecule has 0 N–H and O–H groups in total. The fraction of sp³-hybridized carbons (Fsp3) is 0.471. The molecular formula is C17H26Cl2Hf. The molecule has 0 spiro atoms. The number of allylic oxidation sites excluding steroid dienone is 8. The van der Waals surface area contributed by atoms with Crippen molar-refractivity contribution < 1.29 is 23.9 Å². The quantitative estimate of drug-likeness (QED) is 0.313. The van der Waals surface area contributed by atoms with Crippen molar-refractivity contribution in [2.24, 2.45) is 5.92 Å². The van der Waals surface area contributed by atoms with Crippen LogP contribution in [0.3, 0.4) is 0 Å². The van der Waals surface area contributed by atoms with E-state index in [9.17, 15) is 0 Å². The van der Waals surface area contributed by atoms with Crippen LogP contribution < -0.4 is 0 Å². The van der Waals surface area contributed by atoms with Crippen LogP contribution >= 0.6 is 24.8 Å². The van der Waals surface area contributed by atoms with Crippen molar-refractivity contribution in [3.05, 3.63) is 47.1 Å². The third-order valence-electron chi connectivity index (χ3n) is 2.45. The SMILES string of the molecule is CC1=C(C)C[C-]=C1.CC1=[C-]C(C)C=C1.C[C](C)=[Hf+2].Cl.Cl. The van der Waals surface area contributed by atoms with Crippen LogP contribution in [0.2, 0.25) is 0 Å². The number of hydrogen-bond donors (Lipinski definition) is 0. The summed E-state index contributed by atoms with van der Waals surface area (Å²) in [5.41, 5.74) is 4.12. The summed E-state index contributed by atoms with van der Waals surface area (Å²) in [6.07, 6.45) is 13.7. The smallest absolute Gasteiger partial charge is 0.147 e. The van der Waals surface area contributed by atoms with Gasteiger partial charge in [-0.2, -0.15) is 11.6 Å². The number of halogens is 2. The van der Waals surface area contributed by atoms with Gasteiger partial charge in [-0.15, -0.1) is 38.2 Å². The standard InChI is InChI=1S/2C7H9.C3H6.2ClH.Hf/c1-6-3-4-7(2)5-6;1-6-4-3-5-7(6)2;1-3-2;;;/h3-4,6H,1-2H3;4H,5H2,1-2H3;1-2H3;2*1H;/q2*-1;;;;+2. The van der Waals surface area contributed by atoms with E-state index < -0.39 is 0 Å². The van der Waals surface area contributed by atoms with E-state index in [4.69, 9.17) is 0 Å². The van der Waals surface area contributed by atoms with E-state index in [0.717, 1.165) is 6.42 Å². The van der Waals surface area contributed by atoms with Crippen molar-refractivity contribution in [2.75, 3.05) is 0 Å². The van der Waals surface area contributed by atoms with E-state index in [0.29, 0.717) is 5.92 Å². The maximum atomic E-state index is 3.22. The zero-order chi connectivity index (χ0) is 14.1. The summed E-state index contributed by atoms with van der Waals surface area (Å²) in [7, 11) is 0. The molecule has 1 unspecified atom stereocenters. The number of hydrogen-bond acceptors (Lipinski definition) is 0. The second-order valence-electron chi connectivity index (χ2n) is 4.96. The Hall–Kier alpha value is 0.280. The molecule has 0 aromatic rings. The first-order chi connectivity index (χ1) is 8.32. The van der Waals surface area contributed by atoms with Crippen LogP contribution in [0.25, 0.3) is 0 Å². The molecule has 0 fully saturated rings. The number of rotatable bonds is 0. The topological polar surface area (TPSA) is 0 Å². The summed E-state index contributed by atoms with van der Waals surface area (Å²) in [6, 6.07) is 0. The Bertz CT molecular complexity index is 397. The van der Waals surface area contributed by atoms with Gasteiger partial charge in [0.1, 0.15) is 0 Å². The minimum absolute atomic E-state index is 0. The zero-order valence-corrected chi connectivity index (χ0v) is 18.6. The Kier molecular flexibility index (Phi) is 18.0. The first kappa shape index (κ1) is 25.2. The van der Waals surface area contributed by atoms with Gasteiger partial charge in [-0.3, -0.25) is 12.2 Å². The van der Waals surface area contributed by atoms with E-state index in [2.05, 4.69) is 71.9 Å². The molecule has 0 saturated carbocycles. The van der Waals surface area contributed by atoms with Crippen molar-refractivity contribution in [2.45, 2.75) is 48.0 Å². The molecule has 2 aliphatic carbocycles. The Balaban J connectivity index is -0.000000215. The zero-order valence-electron chi connectivity index (χ0n) is 13.3. The van der Waals surface area contributed by atoms with E-state index in [1.54, 1.807) is 3.26 Å². The first-order valence-corrected chi connectivity index (χ1v) is 8.15. The van der Waals surface area contributed by atoms with Gasteiger partial charge < -0.3 is 0 Å². The Morgan fingerprint density at radius 1 is 1.20 bits per heavy atom. The molecule has 0 aromatic heterocycles. The monoisotopic (exact) mass is 480 g/mol. The molecule has 0 saturated heterocycles. The molecule has 2 aliphatic rings. The molecule has 3 heteroatoms. The van der Waals surface area contributed by atoms with Gasteiger partial charge in [0.05, 0.1) is 0 Å². The molecule has 0 bridgehead atoms. The average Bonchev–Trinajstić information content (AvgIpc) is 2.77. The molecule has 2 rings (SSSR count). The van der Waals surface area contributed by atoms with Gasteiger partial charge in [0.15, 0.2) is 0 Å². The van der Waals surface area contributed by atoms with Gasteiger partial charge in [-0.25, -0.2) is 23.3 Å². The summed E-state index contributed by atoms with van der Waals surface area (Å²) in [4.78, 5) is 0. The minimum Gasteiger partial charge on any atom is -0.147 e. The molecule has 0 radical (unpaired) electrons. The van der Waals surface area contributed by atoms with Crippen LogP contribution in [-0.2, 0) is 23.9 Å². The molecular weight excluding hydrogens is 454 g/mol. The molecule has 20 heavy (non-hydrogen) atoms. The van der Waals surface area contributed by atoms with Crippen LogP contribution in [0.4, 0.5) is 0 Å². The van der Waals surface area contributed by atoms with Gasteiger partial charge >= 0.3 is 41.0 Å². The average molecular weight is 480 g/mol. The fourth-order valence-corrected chi connectivity index (χ4v) is 1.36. The largest absolute Gasteiger partial charge is 0.147 e. The van der Waals surface area contributed by atoms with Crippen molar-refractivity contribution in [1.29, 1.82) is 0 Å². The van der Waals surface area contributed by atoms with E-state index in [1.165, 1.54) is 40.6 Å². The van der Waals surface area contributed by atoms with E-state index in [-0.39, 0.29) is 24.8 Å². The first-order valence-electron chi connectivity index (χ1n) is 6.36. The van der Waals surface area contributed by atoms with E-state index >= 15 is 0 Å². The second kappa shape index (κ2) is 14.2. The maximum Gasteiger partial charge on any atom is -0.147 e. The molecule has 0 aliphatic heterocycles. The molecule has 0 aromatic carbocycles. The summed E-state index contributed by atoms with van der Waals surface area (Å²) in [5, 5.41) is 0.